The molecule has 0 unspecified atom stereocenters. The zero-order valence-corrected chi connectivity index (χ0v) is 23.3. The average molecular weight is 518 g/mol. The largest absolute Gasteiger partial charge is 0.461 e. The third-order valence-corrected chi connectivity index (χ3v) is 9.10. The fourth-order valence-electron chi connectivity index (χ4n) is 6.95. The summed E-state index contributed by atoms with van der Waals surface area (Å²) in [6, 6.07) is 22.4. The number of ether oxygens (including phenoxy) is 1. The first-order chi connectivity index (χ1) is 18.6. The number of hydrogen-bond donors (Lipinski definition) is 0. The van der Waals surface area contributed by atoms with Crippen LogP contribution in [-0.4, -0.2) is 72.1 Å². The Balaban J connectivity index is 1.03. The maximum absolute atomic E-state index is 12.4. The molecular formula is C33H47N3O2. The number of carbonyl (C=O) groups is 1. The standard InChI is InChI=1S/C33H47N3O2/c1-27-23-34(19-10-4-9-15-33(37)38-32-26-35-20-16-30(32)17-21-35)22-18-31(27)36(24-28-11-5-2-6-12-28)25-29-13-7-3-8-14-29/h2-3,5-8,11-14,27,30-32H,4,9-10,15-26H2,1H3/t27-,31+,32-/m0/s1. The number of piperidine rings is 4. The highest BCUT2D eigenvalue weighted by Gasteiger charge is 2.36. The normalized spacial score (nSPS) is 27.5. The summed E-state index contributed by atoms with van der Waals surface area (Å²) in [5.74, 6) is 1.26. The van der Waals surface area contributed by atoms with Crippen LogP contribution in [0.1, 0.15) is 63.0 Å². The number of unbranched alkanes of at least 4 members (excludes halogenated alkanes) is 2. The molecule has 0 spiro atoms. The van der Waals surface area contributed by atoms with Crippen molar-refractivity contribution >= 4 is 5.97 Å². The van der Waals surface area contributed by atoms with Crippen molar-refractivity contribution < 1.29 is 9.53 Å². The molecule has 4 aliphatic heterocycles. The zero-order chi connectivity index (χ0) is 26.2. The van der Waals surface area contributed by atoms with Crippen LogP contribution >= 0.6 is 0 Å². The minimum absolute atomic E-state index is 0.0233. The highest BCUT2D eigenvalue weighted by atomic mass is 16.5. The van der Waals surface area contributed by atoms with Crippen LogP contribution in [0.5, 0.6) is 0 Å². The first-order valence-corrected chi connectivity index (χ1v) is 15.1. The van der Waals surface area contributed by atoms with Crippen LogP contribution in [0.4, 0.5) is 0 Å². The van der Waals surface area contributed by atoms with E-state index in [0.717, 1.165) is 52.1 Å². The molecule has 0 radical (unpaired) electrons. The molecule has 0 aliphatic carbocycles. The van der Waals surface area contributed by atoms with E-state index in [2.05, 4.69) is 82.3 Å². The summed E-state index contributed by atoms with van der Waals surface area (Å²) in [4.78, 5) is 20.2. The van der Waals surface area contributed by atoms with Gasteiger partial charge in [0.1, 0.15) is 6.10 Å². The fraction of sp³-hybridized carbons (Fsp3) is 0.606. The van der Waals surface area contributed by atoms with Crippen LogP contribution in [0.2, 0.25) is 0 Å². The smallest absolute Gasteiger partial charge is 0.306 e. The lowest BCUT2D eigenvalue weighted by molar-refractivity contribution is -0.158. The first kappa shape index (κ1) is 27.4. The molecule has 2 aromatic carbocycles. The molecule has 2 aromatic rings. The summed E-state index contributed by atoms with van der Waals surface area (Å²) < 4.78 is 5.86. The van der Waals surface area contributed by atoms with Gasteiger partial charge in [-0.2, -0.15) is 0 Å². The van der Waals surface area contributed by atoms with Crippen molar-refractivity contribution in [2.75, 3.05) is 39.3 Å². The molecule has 0 amide bonds. The Morgan fingerprint density at radius 2 is 1.50 bits per heavy atom. The van der Waals surface area contributed by atoms with Crippen LogP contribution < -0.4 is 0 Å². The monoisotopic (exact) mass is 517 g/mol. The Bertz CT molecular complexity index is 935. The van der Waals surface area contributed by atoms with Crippen molar-refractivity contribution in [3.8, 4) is 0 Å². The molecule has 0 N–H and O–H groups in total. The third kappa shape index (κ3) is 7.68. The molecule has 3 atom stereocenters. The van der Waals surface area contributed by atoms with E-state index in [0.29, 0.717) is 24.3 Å². The average Bonchev–Trinajstić information content (AvgIpc) is 2.94. The Hall–Kier alpha value is -2.21. The molecular weight excluding hydrogens is 470 g/mol. The number of hydrogen-bond acceptors (Lipinski definition) is 5. The Morgan fingerprint density at radius 3 is 2.08 bits per heavy atom. The number of likely N-dealkylation sites (tertiary alicyclic amines) is 1. The highest BCUT2D eigenvalue weighted by molar-refractivity contribution is 5.69. The summed E-state index contributed by atoms with van der Waals surface area (Å²) in [5.41, 5.74) is 2.79. The van der Waals surface area contributed by atoms with Gasteiger partial charge in [0.05, 0.1) is 0 Å². The van der Waals surface area contributed by atoms with Crippen LogP contribution in [0.3, 0.4) is 0 Å². The second kappa shape index (κ2) is 13.7. The molecule has 38 heavy (non-hydrogen) atoms. The van der Waals surface area contributed by atoms with E-state index < -0.39 is 0 Å². The lowest BCUT2D eigenvalue weighted by Crippen LogP contribution is -2.51. The van der Waals surface area contributed by atoms with Crippen LogP contribution in [0, 0.1) is 11.8 Å². The molecule has 4 fully saturated rings. The number of rotatable bonds is 12. The van der Waals surface area contributed by atoms with E-state index in [9.17, 15) is 4.79 Å². The Kier molecular flexibility index (Phi) is 9.88. The lowest BCUT2D eigenvalue weighted by Gasteiger charge is -2.43. The summed E-state index contributed by atoms with van der Waals surface area (Å²) in [6.07, 6.45) is 7.57. The molecule has 0 saturated carbocycles. The van der Waals surface area contributed by atoms with Gasteiger partial charge in [-0.1, -0.05) is 74.0 Å². The van der Waals surface area contributed by atoms with Crippen LogP contribution in [0.25, 0.3) is 0 Å². The quantitative estimate of drug-likeness (QED) is 0.271. The second-order valence-electron chi connectivity index (χ2n) is 12.0. The predicted octanol–water partition coefficient (Wildman–Crippen LogP) is 5.60. The van der Waals surface area contributed by atoms with Gasteiger partial charge in [-0.25, -0.2) is 0 Å². The number of benzene rings is 2. The van der Waals surface area contributed by atoms with Crippen LogP contribution in [-0.2, 0) is 22.6 Å². The van der Waals surface area contributed by atoms with E-state index in [1.54, 1.807) is 0 Å². The summed E-state index contributed by atoms with van der Waals surface area (Å²) in [6.45, 7) is 11.2. The second-order valence-corrected chi connectivity index (χ2v) is 12.0. The molecule has 5 nitrogen and oxygen atoms in total. The number of esters is 1. The molecule has 206 valence electrons. The van der Waals surface area contributed by atoms with Crippen LogP contribution in [0.15, 0.2) is 60.7 Å². The molecule has 6 rings (SSSR count). The van der Waals surface area contributed by atoms with E-state index in [4.69, 9.17) is 4.74 Å². The van der Waals surface area contributed by atoms with Crippen molar-refractivity contribution in [2.24, 2.45) is 11.8 Å². The number of nitrogens with zero attached hydrogens (tertiary/aromatic N) is 3. The van der Waals surface area contributed by atoms with Gasteiger partial charge in [-0.3, -0.25) is 14.6 Å². The van der Waals surface area contributed by atoms with Gasteiger partial charge in [0, 0.05) is 38.6 Å². The molecule has 4 saturated heterocycles. The fourth-order valence-corrected chi connectivity index (χ4v) is 6.95. The van der Waals surface area contributed by atoms with E-state index in [1.165, 1.54) is 49.9 Å². The van der Waals surface area contributed by atoms with Gasteiger partial charge >= 0.3 is 5.97 Å². The minimum atomic E-state index is 0.0233. The Labute approximate surface area is 230 Å². The topological polar surface area (TPSA) is 36.0 Å². The van der Waals surface area contributed by atoms with Crippen molar-refractivity contribution in [3.63, 3.8) is 0 Å². The third-order valence-electron chi connectivity index (χ3n) is 9.10. The van der Waals surface area contributed by atoms with E-state index >= 15 is 0 Å². The Morgan fingerprint density at radius 1 is 0.842 bits per heavy atom. The maximum atomic E-state index is 12.4. The van der Waals surface area contributed by atoms with Gasteiger partial charge < -0.3 is 9.64 Å². The van der Waals surface area contributed by atoms with Crippen molar-refractivity contribution in [2.45, 2.75) is 77.1 Å². The highest BCUT2D eigenvalue weighted by Crippen LogP contribution is 2.30. The zero-order valence-electron chi connectivity index (χ0n) is 23.3. The number of carbonyl (C=O) groups excluding carboxylic acids is 1. The van der Waals surface area contributed by atoms with Gasteiger partial charge in [0.25, 0.3) is 0 Å². The van der Waals surface area contributed by atoms with Gasteiger partial charge in [0.15, 0.2) is 0 Å². The van der Waals surface area contributed by atoms with Gasteiger partial charge in [0.2, 0.25) is 0 Å². The summed E-state index contributed by atoms with van der Waals surface area (Å²) >= 11 is 0. The molecule has 4 aliphatic rings. The lowest BCUT2D eigenvalue weighted by atomic mass is 9.86. The SMILES string of the molecule is C[C@H]1CN(CCCCCC(=O)O[C@H]2CN3CCC2CC3)CC[C@H]1N(Cc1ccccc1)Cc1ccccc1. The van der Waals surface area contributed by atoms with Crippen molar-refractivity contribution in [3.05, 3.63) is 71.8 Å². The van der Waals surface area contributed by atoms with E-state index in [-0.39, 0.29) is 12.1 Å². The predicted molar refractivity (Wildman–Crippen MR) is 154 cm³/mol. The van der Waals surface area contributed by atoms with Gasteiger partial charge in [-0.15, -0.1) is 0 Å². The molecule has 2 bridgehead atoms. The molecule has 4 heterocycles. The van der Waals surface area contributed by atoms with E-state index in [1.807, 2.05) is 0 Å². The van der Waals surface area contributed by atoms with Crippen molar-refractivity contribution in [1.29, 1.82) is 0 Å². The minimum Gasteiger partial charge on any atom is -0.461 e. The number of fused-ring (bicyclic) bond motifs is 3. The van der Waals surface area contributed by atoms with Crippen molar-refractivity contribution in [1.82, 2.24) is 14.7 Å². The first-order valence-electron chi connectivity index (χ1n) is 15.1. The molecule has 0 aromatic heterocycles. The maximum Gasteiger partial charge on any atom is 0.306 e. The summed E-state index contributed by atoms with van der Waals surface area (Å²) in [7, 11) is 0. The van der Waals surface area contributed by atoms with Gasteiger partial charge in [-0.05, 0) is 81.2 Å². The summed E-state index contributed by atoms with van der Waals surface area (Å²) in [5, 5.41) is 0. The molecule has 5 heteroatoms.